The fourth-order valence-corrected chi connectivity index (χ4v) is 1.60. The predicted molar refractivity (Wildman–Crippen MR) is 68.9 cm³/mol. The highest BCUT2D eigenvalue weighted by Gasteiger charge is 2.07. The van der Waals surface area contributed by atoms with Gasteiger partial charge in [-0.15, -0.1) is 0 Å². The summed E-state index contributed by atoms with van der Waals surface area (Å²) in [6.45, 7) is 3.66. The van der Waals surface area contributed by atoms with E-state index in [1.54, 1.807) is 19.1 Å². The van der Waals surface area contributed by atoms with Crippen LogP contribution < -0.4 is 0 Å². The summed E-state index contributed by atoms with van der Waals surface area (Å²) >= 11 is 1.24. The molecule has 4 nitrogen and oxygen atoms in total. The van der Waals surface area contributed by atoms with Crippen molar-refractivity contribution in [1.82, 2.24) is 4.98 Å². The Bertz CT molecular complexity index is 423. The largest absolute Gasteiger partial charge is 0.461 e. The van der Waals surface area contributed by atoms with Gasteiger partial charge in [0.25, 0.3) is 0 Å². The summed E-state index contributed by atoms with van der Waals surface area (Å²) in [6, 6.07) is 3.47. The van der Waals surface area contributed by atoms with Gasteiger partial charge < -0.3 is 9.72 Å². The molecule has 0 aliphatic carbocycles. The molecular weight excluding hydrogens is 238 g/mol. The first kappa shape index (κ1) is 13.6. The van der Waals surface area contributed by atoms with E-state index < -0.39 is 0 Å². The van der Waals surface area contributed by atoms with E-state index in [0.29, 0.717) is 18.1 Å². The first-order valence-corrected chi connectivity index (χ1v) is 6.28. The van der Waals surface area contributed by atoms with Gasteiger partial charge in [0.05, 0.1) is 6.61 Å². The lowest BCUT2D eigenvalue weighted by Crippen LogP contribution is -2.04. The number of hydrogen-bond acceptors (Lipinski definition) is 4. The molecule has 0 amide bonds. The number of carbonyl (C=O) groups excluding carboxylic acids is 2. The number of rotatable bonds is 5. The molecule has 0 atom stereocenters. The van der Waals surface area contributed by atoms with Gasteiger partial charge in [-0.3, -0.25) is 4.79 Å². The van der Waals surface area contributed by atoms with E-state index in [-0.39, 0.29) is 11.1 Å². The zero-order valence-electron chi connectivity index (χ0n) is 9.86. The number of hydrogen-bond donors (Lipinski definition) is 1. The minimum atomic E-state index is -0.356. The standard InChI is InChI=1S/C12H15NO3S/c1-3-16-12(15)11-7-6-10(13-11)5-4-8-17-9(2)14/h4-7,13H,3,8H2,1-2H3. The van der Waals surface area contributed by atoms with Crippen LogP contribution in [0.2, 0.25) is 0 Å². The lowest BCUT2D eigenvalue weighted by Gasteiger charge is -1.97. The normalized spacial score (nSPS) is 10.7. The van der Waals surface area contributed by atoms with Crippen molar-refractivity contribution >= 4 is 28.9 Å². The number of H-pyrrole nitrogens is 1. The third kappa shape index (κ3) is 4.91. The van der Waals surface area contributed by atoms with Crippen LogP contribution in [-0.4, -0.2) is 28.4 Å². The molecule has 1 aromatic heterocycles. The smallest absolute Gasteiger partial charge is 0.354 e. The van der Waals surface area contributed by atoms with Gasteiger partial charge in [0, 0.05) is 18.4 Å². The Hall–Kier alpha value is -1.49. The summed E-state index contributed by atoms with van der Waals surface area (Å²) in [5, 5.41) is 0.0911. The Morgan fingerprint density at radius 3 is 2.88 bits per heavy atom. The van der Waals surface area contributed by atoms with Crippen molar-refractivity contribution in [2.45, 2.75) is 13.8 Å². The van der Waals surface area contributed by atoms with Crippen molar-refractivity contribution in [3.63, 3.8) is 0 Å². The van der Waals surface area contributed by atoms with Crippen molar-refractivity contribution in [2.75, 3.05) is 12.4 Å². The molecule has 0 bridgehead atoms. The average Bonchev–Trinajstić information content (AvgIpc) is 2.73. The first-order valence-electron chi connectivity index (χ1n) is 5.29. The van der Waals surface area contributed by atoms with Gasteiger partial charge in [-0.2, -0.15) is 0 Å². The second-order valence-electron chi connectivity index (χ2n) is 3.25. The molecule has 0 spiro atoms. The number of ether oxygens (including phenoxy) is 1. The Morgan fingerprint density at radius 2 is 2.24 bits per heavy atom. The molecule has 1 rings (SSSR count). The molecule has 0 fully saturated rings. The zero-order chi connectivity index (χ0) is 12.7. The molecule has 1 heterocycles. The van der Waals surface area contributed by atoms with Gasteiger partial charge in [-0.05, 0) is 25.1 Å². The molecule has 1 aromatic rings. The van der Waals surface area contributed by atoms with E-state index in [9.17, 15) is 9.59 Å². The molecule has 1 N–H and O–H groups in total. The van der Waals surface area contributed by atoms with Crippen LogP contribution in [0.5, 0.6) is 0 Å². The maximum absolute atomic E-state index is 11.4. The van der Waals surface area contributed by atoms with Crippen LogP contribution in [0, 0.1) is 0 Å². The van der Waals surface area contributed by atoms with Crippen molar-refractivity contribution in [3.05, 3.63) is 29.6 Å². The van der Waals surface area contributed by atoms with Gasteiger partial charge in [0.2, 0.25) is 0 Å². The Labute approximate surface area is 104 Å². The summed E-state index contributed by atoms with van der Waals surface area (Å²) in [5.74, 6) is 0.272. The van der Waals surface area contributed by atoms with Crippen molar-refractivity contribution in [1.29, 1.82) is 0 Å². The molecule has 0 saturated heterocycles. The SMILES string of the molecule is CCOC(=O)c1ccc(C=CCSC(C)=O)[nH]1. The third-order valence-corrected chi connectivity index (χ3v) is 2.65. The fraction of sp³-hybridized carbons (Fsp3) is 0.333. The van der Waals surface area contributed by atoms with Crippen LogP contribution in [0.15, 0.2) is 18.2 Å². The summed E-state index contributed by atoms with van der Waals surface area (Å²) in [4.78, 5) is 25.0. The van der Waals surface area contributed by atoms with E-state index in [1.807, 2.05) is 12.2 Å². The van der Waals surface area contributed by atoms with E-state index in [4.69, 9.17) is 4.74 Å². The van der Waals surface area contributed by atoms with Crippen LogP contribution in [0.1, 0.15) is 30.0 Å². The summed E-state index contributed by atoms with van der Waals surface area (Å²) in [5.41, 5.74) is 1.25. The fourth-order valence-electron chi connectivity index (χ4n) is 1.18. The summed E-state index contributed by atoms with van der Waals surface area (Å²) < 4.78 is 4.86. The van der Waals surface area contributed by atoms with Gasteiger partial charge in [-0.1, -0.05) is 17.8 Å². The van der Waals surface area contributed by atoms with Crippen molar-refractivity contribution in [3.8, 4) is 0 Å². The molecule has 5 heteroatoms. The Kier molecular flexibility index (Phi) is 5.56. The molecule has 0 aromatic carbocycles. The lowest BCUT2D eigenvalue weighted by molar-refractivity contribution is -0.109. The molecule has 92 valence electrons. The second kappa shape index (κ2) is 6.96. The number of carbonyl (C=O) groups is 2. The summed E-state index contributed by atoms with van der Waals surface area (Å²) in [7, 11) is 0. The van der Waals surface area contributed by atoms with Crippen LogP contribution in [-0.2, 0) is 9.53 Å². The van der Waals surface area contributed by atoms with Crippen molar-refractivity contribution < 1.29 is 14.3 Å². The zero-order valence-corrected chi connectivity index (χ0v) is 10.7. The molecule has 0 aliphatic heterocycles. The average molecular weight is 253 g/mol. The monoisotopic (exact) mass is 253 g/mol. The quantitative estimate of drug-likeness (QED) is 0.819. The third-order valence-electron chi connectivity index (χ3n) is 1.88. The lowest BCUT2D eigenvalue weighted by atomic mass is 10.4. The highest BCUT2D eigenvalue weighted by molar-refractivity contribution is 8.13. The Morgan fingerprint density at radius 1 is 1.47 bits per heavy atom. The number of aromatic amines is 1. The van der Waals surface area contributed by atoms with E-state index in [2.05, 4.69) is 4.98 Å². The maximum atomic E-state index is 11.4. The van der Waals surface area contributed by atoms with Crippen molar-refractivity contribution in [2.24, 2.45) is 0 Å². The van der Waals surface area contributed by atoms with E-state index in [1.165, 1.54) is 18.7 Å². The highest BCUT2D eigenvalue weighted by atomic mass is 32.2. The Balaban J connectivity index is 2.50. The molecule has 0 saturated carbocycles. The minimum Gasteiger partial charge on any atom is -0.461 e. The molecule has 17 heavy (non-hydrogen) atoms. The first-order chi connectivity index (χ1) is 8.13. The summed E-state index contributed by atoms with van der Waals surface area (Å²) in [6.07, 6.45) is 3.70. The van der Waals surface area contributed by atoms with Crippen LogP contribution in [0.25, 0.3) is 6.08 Å². The molecule has 0 unspecified atom stereocenters. The number of nitrogens with one attached hydrogen (secondary N) is 1. The van der Waals surface area contributed by atoms with Gasteiger partial charge >= 0.3 is 5.97 Å². The van der Waals surface area contributed by atoms with E-state index in [0.717, 1.165) is 5.69 Å². The number of aromatic nitrogens is 1. The van der Waals surface area contributed by atoms with Gasteiger partial charge in [0.1, 0.15) is 5.69 Å². The van der Waals surface area contributed by atoms with Gasteiger partial charge in [-0.25, -0.2) is 4.79 Å². The van der Waals surface area contributed by atoms with Gasteiger partial charge in [0.15, 0.2) is 5.12 Å². The number of thioether (sulfide) groups is 1. The number of esters is 1. The topological polar surface area (TPSA) is 59.2 Å². The molecule has 0 radical (unpaired) electrons. The minimum absolute atomic E-state index is 0.0911. The molecular formula is C12H15NO3S. The second-order valence-corrected chi connectivity index (χ2v) is 4.45. The predicted octanol–water partition coefficient (Wildman–Crippen LogP) is 2.48. The van der Waals surface area contributed by atoms with Crippen LogP contribution >= 0.6 is 11.8 Å². The molecule has 0 aliphatic rings. The van der Waals surface area contributed by atoms with Crippen LogP contribution in [0.3, 0.4) is 0 Å². The maximum Gasteiger partial charge on any atom is 0.354 e. The highest BCUT2D eigenvalue weighted by Crippen LogP contribution is 2.07. The van der Waals surface area contributed by atoms with E-state index >= 15 is 0 Å². The van der Waals surface area contributed by atoms with Crippen LogP contribution in [0.4, 0.5) is 0 Å².